The zero-order valence-electron chi connectivity index (χ0n) is 8.41. The van der Waals surface area contributed by atoms with Crippen molar-refractivity contribution in [2.75, 3.05) is 5.32 Å². The van der Waals surface area contributed by atoms with Gasteiger partial charge in [0.05, 0.1) is 5.71 Å². The van der Waals surface area contributed by atoms with E-state index in [1.165, 1.54) is 11.3 Å². The highest BCUT2D eigenvalue weighted by molar-refractivity contribution is 5.98. The van der Waals surface area contributed by atoms with Gasteiger partial charge in [-0.25, -0.2) is 0 Å². The van der Waals surface area contributed by atoms with E-state index in [-0.39, 0.29) is 0 Å². The minimum atomic E-state index is 0.506. The van der Waals surface area contributed by atoms with Gasteiger partial charge in [0, 0.05) is 11.7 Å². The van der Waals surface area contributed by atoms with Gasteiger partial charge in [0.15, 0.2) is 0 Å². The first-order valence-corrected chi connectivity index (χ1v) is 4.79. The molecule has 1 aliphatic heterocycles. The molecule has 1 unspecified atom stereocenters. The molecule has 3 nitrogen and oxygen atoms in total. The average molecular weight is 190 g/mol. The van der Waals surface area contributed by atoms with Crippen LogP contribution in [0.2, 0.25) is 0 Å². The molecule has 0 fully saturated rings. The maximum atomic E-state index is 8.66. The lowest BCUT2D eigenvalue weighted by Gasteiger charge is -2.03. The van der Waals surface area contributed by atoms with E-state index in [4.69, 9.17) is 5.21 Å². The summed E-state index contributed by atoms with van der Waals surface area (Å²) in [6, 6.07) is 6.61. The molecule has 3 heteroatoms. The molecule has 0 aromatic heterocycles. The zero-order chi connectivity index (χ0) is 10.1. The monoisotopic (exact) mass is 190 g/mol. The van der Waals surface area contributed by atoms with Crippen molar-refractivity contribution in [3.05, 3.63) is 29.3 Å². The van der Waals surface area contributed by atoms with E-state index in [0.717, 1.165) is 12.0 Å². The molecule has 1 aromatic rings. The molecule has 1 atom stereocenters. The van der Waals surface area contributed by atoms with Gasteiger partial charge in [-0.3, -0.25) is 0 Å². The fourth-order valence-corrected chi connectivity index (χ4v) is 1.83. The second kappa shape index (κ2) is 3.33. The fraction of sp³-hybridized carbons (Fsp3) is 0.364. The summed E-state index contributed by atoms with van der Waals surface area (Å²) in [5.41, 5.74) is 4.15. The highest BCUT2D eigenvalue weighted by Crippen LogP contribution is 2.26. The molecule has 74 valence electrons. The standard InChI is InChI=1S/C11H14N2O/c1-7-5-10-6-9(8(2)13-14)3-4-11(10)12-7/h3-4,6-7,12,14H,5H2,1-2H3. The molecule has 0 amide bonds. The number of nitrogens with zero attached hydrogens (tertiary/aromatic N) is 1. The van der Waals surface area contributed by atoms with Crippen molar-refractivity contribution in [2.45, 2.75) is 26.3 Å². The number of rotatable bonds is 1. The van der Waals surface area contributed by atoms with Gasteiger partial charge in [-0.2, -0.15) is 0 Å². The summed E-state index contributed by atoms with van der Waals surface area (Å²) in [6.07, 6.45) is 1.04. The van der Waals surface area contributed by atoms with Crippen molar-refractivity contribution in [3.8, 4) is 0 Å². The summed E-state index contributed by atoms with van der Waals surface area (Å²) in [7, 11) is 0. The summed E-state index contributed by atoms with van der Waals surface area (Å²) in [6.45, 7) is 3.96. The van der Waals surface area contributed by atoms with Crippen LogP contribution in [-0.4, -0.2) is 17.0 Å². The quantitative estimate of drug-likeness (QED) is 0.405. The van der Waals surface area contributed by atoms with Crippen LogP contribution in [0.1, 0.15) is 25.0 Å². The molecular weight excluding hydrogens is 176 g/mol. The van der Waals surface area contributed by atoms with Crippen molar-refractivity contribution in [3.63, 3.8) is 0 Å². The lowest BCUT2D eigenvalue weighted by Crippen LogP contribution is -2.08. The normalized spacial score (nSPS) is 20.4. The summed E-state index contributed by atoms with van der Waals surface area (Å²) in [5.74, 6) is 0. The first-order valence-electron chi connectivity index (χ1n) is 4.79. The minimum absolute atomic E-state index is 0.506. The van der Waals surface area contributed by atoms with E-state index < -0.39 is 0 Å². The first-order chi connectivity index (χ1) is 6.70. The molecule has 0 saturated carbocycles. The van der Waals surface area contributed by atoms with E-state index in [9.17, 15) is 0 Å². The smallest absolute Gasteiger partial charge is 0.0837 e. The molecule has 2 N–H and O–H groups in total. The zero-order valence-corrected chi connectivity index (χ0v) is 8.41. The van der Waals surface area contributed by atoms with Crippen molar-refractivity contribution in [2.24, 2.45) is 5.16 Å². The number of nitrogens with one attached hydrogen (secondary N) is 1. The van der Waals surface area contributed by atoms with Crippen LogP contribution in [0.25, 0.3) is 0 Å². The Kier molecular flexibility index (Phi) is 2.15. The fourth-order valence-electron chi connectivity index (χ4n) is 1.83. The number of benzene rings is 1. The Bertz CT molecular complexity index is 385. The lowest BCUT2D eigenvalue weighted by molar-refractivity contribution is 0.319. The third kappa shape index (κ3) is 1.45. The molecule has 1 heterocycles. The van der Waals surface area contributed by atoms with E-state index in [1.807, 2.05) is 12.1 Å². The minimum Gasteiger partial charge on any atom is -0.411 e. The van der Waals surface area contributed by atoms with Crippen LogP contribution in [0.15, 0.2) is 23.4 Å². The summed E-state index contributed by atoms with van der Waals surface area (Å²) in [4.78, 5) is 0. The van der Waals surface area contributed by atoms with Crippen LogP contribution in [0.3, 0.4) is 0 Å². The second-order valence-corrected chi connectivity index (χ2v) is 3.81. The number of oxime groups is 1. The van der Waals surface area contributed by atoms with Gasteiger partial charge < -0.3 is 10.5 Å². The predicted octanol–water partition coefficient (Wildman–Crippen LogP) is 2.24. The van der Waals surface area contributed by atoms with E-state index in [0.29, 0.717) is 11.8 Å². The first kappa shape index (κ1) is 9.06. The van der Waals surface area contributed by atoms with Crippen molar-refractivity contribution in [1.29, 1.82) is 0 Å². The third-order valence-electron chi connectivity index (χ3n) is 2.60. The maximum Gasteiger partial charge on any atom is 0.0837 e. The van der Waals surface area contributed by atoms with Crippen LogP contribution in [0.5, 0.6) is 0 Å². The lowest BCUT2D eigenvalue weighted by atomic mass is 10.0. The van der Waals surface area contributed by atoms with Crippen molar-refractivity contribution < 1.29 is 5.21 Å². The van der Waals surface area contributed by atoms with Crippen LogP contribution in [0.4, 0.5) is 5.69 Å². The van der Waals surface area contributed by atoms with Gasteiger partial charge in [-0.05, 0) is 43.5 Å². The highest BCUT2D eigenvalue weighted by atomic mass is 16.4. The topological polar surface area (TPSA) is 44.6 Å². The molecule has 1 aromatic carbocycles. The van der Waals surface area contributed by atoms with Crippen LogP contribution >= 0.6 is 0 Å². The van der Waals surface area contributed by atoms with E-state index >= 15 is 0 Å². The van der Waals surface area contributed by atoms with Crippen LogP contribution in [-0.2, 0) is 6.42 Å². The SMILES string of the molecule is CC(=NO)c1ccc2c(c1)CC(C)N2. The average Bonchev–Trinajstić information content (AvgIpc) is 2.55. The molecule has 0 saturated heterocycles. The summed E-state index contributed by atoms with van der Waals surface area (Å²) in [5, 5.41) is 15.2. The summed E-state index contributed by atoms with van der Waals surface area (Å²) >= 11 is 0. The van der Waals surface area contributed by atoms with Crippen LogP contribution < -0.4 is 5.32 Å². The van der Waals surface area contributed by atoms with Crippen molar-refractivity contribution in [1.82, 2.24) is 0 Å². The Balaban J connectivity index is 2.38. The van der Waals surface area contributed by atoms with E-state index in [2.05, 4.69) is 23.5 Å². The molecule has 1 aliphatic rings. The molecule has 0 spiro atoms. The van der Waals surface area contributed by atoms with Gasteiger partial charge in [0.25, 0.3) is 0 Å². The number of anilines is 1. The molecule has 2 rings (SSSR count). The predicted molar refractivity (Wildman–Crippen MR) is 57.2 cm³/mol. The number of hydrogen-bond acceptors (Lipinski definition) is 3. The van der Waals surface area contributed by atoms with Gasteiger partial charge in [0.2, 0.25) is 0 Å². The Morgan fingerprint density at radius 2 is 2.36 bits per heavy atom. The number of fused-ring (bicyclic) bond motifs is 1. The molecule has 14 heavy (non-hydrogen) atoms. The summed E-state index contributed by atoms with van der Waals surface area (Å²) < 4.78 is 0. The molecular formula is C11H14N2O. The Hall–Kier alpha value is -1.51. The molecule has 0 aliphatic carbocycles. The highest BCUT2D eigenvalue weighted by Gasteiger charge is 2.16. The van der Waals surface area contributed by atoms with Gasteiger partial charge in [-0.1, -0.05) is 11.2 Å². The number of hydrogen-bond donors (Lipinski definition) is 2. The second-order valence-electron chi connectivity index (χ2n) is 3.81. The maximum absolute atomic E-state index is 8.66. The van der Waals surface area contributed by atoms with Gasteiger partial charge >= 0.3 is 0 Å². The largest absolute Gasteiger partial charge is 0.411 e. The third-order valence-corrected chi connectivity index (χ3v) is 2.60. The Morgan fingerprint density at radius 1 is 1.57 bits per heavy atom. The Morgan fingerprint density at radius 3 is 3.07 bits per heavy atom. The molecule has 0 bridgehead atoms. The van der Waals surface area contributed by atoms with Crippen molar-refractivity contribution >= 4 is 11.4 Å². The molecule has 0 radical (unpaired) electrons. The van der Waals surface area contributed by atoms with Crippen LogP contribution in [0, 0.1) is 0 Å². The van der Waals surface area contributed by atoms with Gasteiger partial charge in [0.1, 0.15) is 0 Å². The van der Waals surface area contributed by atoms with E-state index in [1.54, 1.807) is 6.92 Å². The van der Waals surface area contributed by atoms with Gasteiger partial charge in [-0.15, -0.1) is 0 Å². The Labute approximate surface area is 83.4 Å².